The molecular formula is C13H19Br2N3O2. The van der Waals surface area contributed by atoms with E-state index in [4.69, 9.17) is 0 Å². The summed E-state index contributed by atoms with van der Waals surface area (Å²) >= 11 is 0. The van der Waals surface area contributed by atoms with Crippen molar-refractivity contribution in [1.82, 2.24) is 5.32 Å². The monoisotopic (exact) mass is 407 g/mol. The van der Waals surface area contributed by atoms with Crippen molar-refractivity contribution < 1.29 is 4.92 Å². The summed E-state index contributed by atoms with van der Waals surface area (Å²) in [6.07, 6.45) is 2.47. The predicted molar refractivity (Wildman–Crippen MR) is 90.5 cm³/mol. The molecule has 1 aromatic carbocycles. The molecule has 3 rings (SSSR count). The molecule has 0 radical (unpaired) electrons. The Hall–Kier alpha value is -0.660. The Morgan fingerprint density at radius 2 is 1.90 bits per heavy atom. The fourth-order valence-electron chi connectivity index (χ4n) is 3.08. The first-order valence-corrected chi connectivity index (χ1v) is 6.39. The normalized spacial score (nSPS) is 24.3. The maximum Gasteiger partial charge on any atom is 0.269 e. The number of rotatable bonds is 2. The summed E-state index contributed by atoms with van der Waals surface area (Å²) in [5.41, 5.74) is 1.70. The van der Waals surface area contributed by atoms with Gasteiger partial charge >= 0.3 is 0 Å². The Morgan fingerprint density at radius 3 is 2.45 bits per heavy atom. The van der Waals surface area contributed by atoms with Crippen LogP contribution in [0.1, 0.15) is 12.8 Å². The maximum absolute atomic E-state index is 10.6. The second kappa shape index (κ2) is 6.87. The number of nitrogens with one attached hydrogen (secondary N) is 1. The van der Waals surface area contributed by atoms with E-state index in [1.807, 2.05) is 12.1 Å². The summed E-state index contributed by atoms with van der Waals surface area (Å²) in [6, 6.07) is 6.90. The van der Waals surface area contributed by atoms with Gasteiger partial charge in [0.1, 0.15) is 0 Å². The number of nitrogens with zero attached hydrogens (tertiary/aromatic N) is 2. The van der Waals surface area contributed by atoms with Crippen molar-refractivity contribution >= 4 is 45.3 Å². The molecule has 2 heterocycles. The van der Waals surface area contributed by atoms with E-state index in [2.05, 4.69) is 10.2 Å². The Bertz CT molecular complexity index is 461. The maximum atomic E-state index is 10.6. The molecule has 2 saturated heterocycles. The van der Waals surface area contributed by atoms with E-state index in [0.717, 1.165) is 31.9 Å². The first kappa shape index (κ1) is 17.4. The lowest BCUT2D eigenvalue weighted by Crippen LogP contribution is -2.29. The molecule has 2 aliphatic heterocycles. The van der Waals surface area contributed by atoms with Crippen molar-refractivity contribution in [2.24, 2.45) is 5.41 Å². The van der Waals surface area contributed by atoms with Gasteiger partial charge in [-0.05, 0) is 31.5 Å². The van der Waals surface area contributed by atoms with Crippen molar-refractivity contribution in [2.75, 3.05) is 31.1 Å². The van der Waals surface area contributed by atoms with E-state index in [1.54, 1.807) is 12.1 Å². The van der Waals surface area contributed by atoms with Crippen LogP contribution in [0.15, 0.2) is 24.3 Å². The number of non-ortho nitro benzene ring substituents is 1. The smallest absolute Gasteiger partial charge is 0.269 e. The van der Waals surface area contributed by atoms with Gasteiger partial charge < -0.3 is 10.2 Å². The fourth-order valence-corrected chi connectivity index (χ4v) is 3.08. The van der Waals surface area contributed by atoms with Crippen LogP contribution in [0.25, 0.3) is 0 Å². The van der Waals surface area contributed by atoms with E-state index in [0.29, 0.717) is 5.41 Å². The molecule has 1 spiro atoms. The summed E-state index contributed by atoms with van der Waals surface area (Å²) in [5, 5.41) is 14.1. The van der Waals surface area contributed by atoms with Crippen LogP contribution in [0, 0.1) is 15.5 Å². The van der Waals surface area contributed by atoms with Crippen LogP contribution in [-0.4, -0.2) is 31.1 Å². The molecule has 112 valence electrons. The number of halogens is 2. The molecule has 0 aromatic heterocycles. The van der Waals surface area contributed by atoms with E-state index in [1.165, 1.54) is 12.8 Å². The molecule has 20 heavy (non-hydrogen) atoms. The van der Waals surface area contributed by atoms with Gasteiger partial charge in [-0.25, -0.2) is 0 Å². The van der Waals surface area contributed by atoms with Crippen LogP contribution in [0.3, 0.4) is 0 Å². The number of anilines is 1. The topological polar surface area (TPSA) is 58.4 Å². The van der Waals surface area contributed by atoms with E-state index in [-0.39, 0.29) is 44.6 Å². The minimum Gasteiger partial charge on any atom is -0.371 e. The zero-order valence-corrected chi connectivity index (χ0v) is 14.5. The number of hydrogen-bond acceptors (Lipinski definition) is 4. The summed E-state index contributed by atoms with van der Waals surface area (Å²) < 4.78 is 0. The number of nitro groups is 1. The summed E-state index contributed by atoms with van der Waals surface area (Å²) in [6.45, 7) is 4.35. The standard InChI is InChI=1S/C13H17N3O2.2BrH/c17-16(18)12-3-1-11(2-4-12)15-8-6-13(10-15)5-7-14-9-13;;/h1-4,14H,5-10H2;2*1H/t13-;;/m0../s1. The van der Waals surface area contributed by atoms with E-state index >= 15 is 0 Å². The van der Waals surface area contributed by atoms with Crippen LogP contribution in [0.2, 0.25) is 0 Å². The molecule has 1 atom stereocenters. The number of nitro benzene ring substituents is 1. The molecule has 1 aromatic rings. The number of benzene rings is 1. The first-order valence-electron chi connectivity index (χ1n) is 6.39. The second-order valence-electron chi connectivity index (χ2n) is 5.37. The molecule has 0 aliphatic carbocycles. The zero-order valence-electron chi connectivity index (χ0n) is 11.1. The van der Waals surface area contributed by atoms with Crippen LogP contribution in [-0.2, 0) is 0 Å². The van der Waals surface area contributed by atoms with Gasteiger partial charge in [-0.3, -0.25) is 10.1 Å². The fraction of sp³-hybridized carbons (Fsp3) is 0.538. The SMILES string of the molecule is Br.Br.O=[N+]([O-])c1ccc(N2CC[C@]3(CCNC3)C2)cc1. The lowest BCUT2D eigenvalue weighted by atomic mass is 9.86. The average Bonchev–Trinajstić information content (AvgIpc) is 3.01. The molecule has 0 bridgehead atoms. The van der Waals surface area contributed by atoms with Gasteiger partial charge in [-0.15, -0.1) is 34.0 Å². The van der Waals surface area contributed by atoms with E-state index < -0.39 is 0 Å². The van der Waals surface area contributed by atoms with Gasteiger partial charge in [0.2, 0.25) is 0 Å². The molecule has 7 heteroatoms. The molecule has 2 aliphatic rings. The third-order valence-electron chi connectivity index (χ3n) is 4.20. The Balaban J connectivity index is 0.000001000. The second-order valence-corrected chi connectivity index (χ2v) is 5.37. The largest absolute Gasteiger partial charge is 0.371 e. The zero-order chi connectivity index (χ0) is 12.6. The van der Waals surface area contributed by atoms with Gasteiger partial charge in [0.15, 0.2) is 0 Å². The summed E-state index contributed by atoms with van der Waals surface area (Å²) in [4.78, 5) is 12.6. The third kappa shape index (κ3) is 3.32. The molecular weight excluding hydrogens is 390 g/mol. The van der Waals surface area contributed by atoms with Crippen LogP contribution < -0.4 is 10.2 Å². The van der Waals surface area contributed by atoms with Gasteiger partial charge in [-0.2, -0.15) is 0 Å². The van der Waals surface area contributed by atoms with Crippen LogP contribution >= 0.6 is 34.0 Å². The quantitative estimate of drug-likeness (QED) is 0.603. The Kier molecular flexibility index (Phi) is 5.97. The first-order chi connectivity index (χ1) is 8.69. The Labute approximate surface area is 139 Å². The molecule has 5 nitrogen and oxygen atoms in total. The van der Waals surface area contributed by atoms with Crippen molar-refractivity contribution in [3.63, 3.8) is 0 Å². The van der Waals surface area contributed by atoms with Crippen molar-refractivity contribution in [3.8, 4) is 0 Å². The molecule has 0 amide bonds. The van der Waals surface area contributed by atoms with Gasteiger partial charge in [0.25, 0.3) is 5.69 Å². The number of hydrogen-bond donors (Lipinski definition) is 1. The lowest BCUT2D eigenvalue weighted by Gasteiger charge is -2.23. The minimum absolute atomic E-state index is 0. The van der Waals surface area contributed by atoms with Crippen LogP contribution in [0.4, 0.5) is 11.4 Å². The highest BCUT2D eigenvalue weighted by atomic mass is 79.9. The molecule has 0 unspecified atom stereocenters. The highest BCUT2D eigenvalue weighted by molar-refractivity contribution is 8.93. The van der Waals surface area contributed by atoms with Crippen molar-refractivity contribution in [3.05, 3.63) is 34.4 Å². The van der Waals surface area contributed by atoms with Gasteiger partial charge in [-0.1, -0.05) is 0 Å². The molecule has 0 saturated carbocycles. The average molecular weight is 409 g/mol. The highest BCUT2D eigenvalue weighted by Gasteiger charge is 2.40. The lowest BCUT2D eigenvalue weighted by molar-refractivity contribution is -0.384. The van der Waals surface area contributed by atoms with Gasteiger partial charge in [0.05, 0.1) is 4.92 Å². The summed E-state index contributed by atoms with van der Waals surface area (Å²) in [7, 11) is 0. The Morgan fingerprint density at radius 1 is 1.20 bits per heavy atom. The molecule has 2 fully saturated rings. The van der Waals surface area contributed by atoms with Gasteiger partial charge in [0, 0.05) is 42.9 Å². The predicted octanol–water partition coefficient (Wildman–Crippen LogP) is 2.94. The minimum atomic E-state index is -0.351. The third-order valence-corrected chi connectivity index (χ3v) is 4.20. The summed E-state index contributed by atoms with van der Waals surface area (Å²) in [5.74, 6) is 0. The van der Waals surface area contributed by atoms with Crippen molar-refractivity contribution in [1.29, 1.82) is 0 Å². The van der Waals surface area contributed by atoms with Crippen molar-refractivity contribution in [2.45, 2.75) is 12.8 Å². The van der Waals surface area contributed by atoms with E-state index in [9.17, 15) is 10.1 Å². The molecule has 1 N–H and O–H groups in total. The van der Waals surface area contributed by atoms with Crippen LogP contribution in [0.5, 0.6) is 0 Å². The highest BCUT2D eigenvalue weighted by Crippen LogP contribution is 2.38.